The van der Waals surface area contributed by atoms with Crippen molar-refractivity contribution in [1.82, 2.24) is 0 Å². The predicted octanol–water partition coefficient (Wildman–Crippen LogP) is 12.2. The van der Waals surface area contributed by atoms with Gasteiger partial charge < -0.3 is 9.47 Å². The number of hydrogen-bond donors (Lipinski definition) is 0. The van der Waals surface area contributed by atoms with Gasteiger partial charge in [-0.05, 0) is 95.8 Å². The Balaban J connectivity index is 1.12. The minimum atomic E-state index is -0.143. The predicted molar refractivity (Wildman–Crippen MR) is 192 cm³/mol. The molecule has 0 amide bonds. The smallest absolute Gasteiger partial charge is 0.127 e. The van der Waals surface area contributed by atoms with Crippen LogP contribution >= 0.6 is 0 Å². The fourth-order valence-corrected chi connectivity index (χ4v) is 5.85. The second kappa shape index (κ2) is 12.7. The van der Waals surface area contributed by atoms with Crippen LogP contribution in [0.4, 0.5) is 0 Å². The Morgan fingerprint density at radius 1 is 0.348 bits per heavy atom. The van der Waals surface area contributed by atoms with Gasteiger partial charge in [0.05, 0.1) is 0 Å². The van der Waals surface area contributed by atoms with Crippen LogP contribution in [0.5, 0.6) is 23.0 Å². The molecule has 0 unspecified atom stereocenters. The molecule has 2 nitrogen and oxygen atoms in total. The van der Waals surface area contributed by atoms with E-state index in [0.717, 1.165) is 28.6 Å². The summed E-state index contributed by atoms with van der Waals surface area (Å²) in [7, 11) is 0. The van der Waals surface area contributed by atoms with Crippen molar-refractivity contribution in [2.75, 3.05) is 0 Å². The quantitative estimate of drug-likeness (QED) is 0.164. The van der Waals surface area contributed by atoms with E-state index in [2.05, 4.69) is 126 Å². The molecule has 0 saturated carbocycles. The van der Waals surface area contributed by atoms with Crippen molar-refractivity contribution in [2.45, 2.75) is 52.4 Å². The summed E-state index contributed by atoms with van der Waals surface area (Å²) in [6.07, 6.45) is 0. The van der Waals surface area contributed by atoms with Crippen molar-refractivity contribution in [3.8, 4) is 34.1 Å². The maximum atomic E-state index is 6.11. The largest absolute Gasteiger partial charge is 0.457 e. The zero-order valence-electron chi connectivity index (χ0n) is 27.7. The summed E-state index contributed by atoms with van der Waals surface area (Å²) < 4.78 is 12.1. The molecular weight excluding hydrogens is 560 g/mol. The molecule has 230 valence electrons. The van der Waals surface area contributed by atoms with Crippen molar-refractivity contribution in [1.29, 1.82) is 0 Å². The average molecular weight is 603 g/mol. The number of rotatable bonds is 9. The van der Waals surface area contributed by atoms with Gasteiger partial charge in [-0.3, -0.25) is 0 Å². The van der Waals surface area contributed by atoms with Gasteiger partial charge in [-0.2, -0.15) is 0 Å². The third kappa shape index (κ3) is 6.77. The summed E-state index contributed by atoms with van der Waals surface area (Å²) in [4.78, 5) is 0. The van der Waals surface area contributed by atoms with Crippen LogP contribution in [0.15, 0.2) is 146 Å². The summed E-state index contributed by atoms with van der Waals surface area (Å²) in [5.74, 6) is 3.15. The molecule has 0 bridgehead atoms. The Morgan fingerprint density at radius 2 is 0.652 bits per heavy atom. The van der Waals surface area contributed by atoms with E-state index < -0.39 is 0 Å². The van der Waals surface area contributed by atoms with Gasteiger partial charge in [0, 0.05) is 10.8 Å². The van der Waals surface area contributed by atoms with E-state index in [1.54, 1.807) is 0 Å². The number of benzene rings is 6. The van der Waals surface area contributed by atoms with E-state index in [0.29, 0.717) is 0 Å². The first-order chi connectivity index (χ1) is 22.1. The molecule has 6 aromatic rings. The number of ether oxygens (including phenoxy) is 2. The molecule has 0 aromatic heterocycles. The number of aryl methyl sites for hydroxylation is 2. The van der Waals surface area contributed by atoms with E-state index in [4.69, 9.17) is 9.47 Å². The Labute approximate surface area is 274 Å². The normalized spacial score (nSPS) is 11.7. The highest BCUT2D eigenvalue weighted by Crippen LogP contribution is 2.38. The first-order valence-corrected chi connectivity index (χ1v) is 16.0. The van der Waals surface area contributed by atoms with E-state index in [1.807, 2.05) is 60.7 Å². The Kier molecular flexibility index (Phi) is 8.56. The Morgan fingerprint density at radius 3 is 1.07 bits per heavy atom. The first-order valence-electron chi connectivity index (χ1n) is 16.0. The SMILES string of the molecule is Cc1ccc(Oc2ccc(Oc3ccc(-c4ccc(C(C)(C)c5cccc(C(C)(C)c6ccc(C)cc6)c5)cc4)cc3)cc2)cc1. The third-order valence-electron chi connectivity index (χ3n) is 9.19. The van der Waals surface area contributed by atoms with Gasteiger partial charge in [0.25, 0.3) is 0 Å². The highest BCUT2D eigenvalue weighted by Gasteiger charge is 2.27. The minimum absolute atomic E-state index is 0.0842. The molecular formula is C44H42O2. The highest BCUT2D eigenvalue weighted by molar-refractivity contribution is 5.65. The molecule has 46 heavy (non-hydrogen) atoms. The third-order valence-corrected chi connectivity index (χ3v) is 9.19. The first kappa shape index (κ1) is 30.9. The van der Waals surface area contributed by atoms with Crippen LogP contribution in [0.2, 0.25) is 0 Å². The molecule has 6 rings (SSSR count). The maximum Gasteiger partial charge on any atom is 0.127 e. The van der Waals surface area contributed by atoms with Crippen molar-refractivity contribution in [3.05, 3.63) is 179 Å². The molecule has 0 aliphatic heterocycles. The van der Waals surface area contributed by atoms with Crippen molar-refractivity contribution in [2.24, 2.45) is 0 Å². The molecule has 0 radical (unpaired) electrons. The summed E-state index contributed by atoms with van der Waals surface area (Å²) in [6.45, 7) is 13.5. The van der Waals surface area contributed by atoms with E-state index in [9.17, 15) is 0 Å². The molecule has 0 saturated heterocycles. The molecule has 0 heterocycles. The van der Waals surface area contributed by atoms with Gasteiger partial charge in [0.15, 0.2) is 0 Å². The fraction of sp³-hybridized carbons (Fsp3) is 0.182. The molecule has 6 aromatic carbocycles. The van der Waals surface area contributed by atoms with Gasteiger partial charge in [0.2, 0.25) is 0 Å². The molecule has 0 aliphatic carbocycles. The van der Waals surface area contributed by atoms with Crippen molar-refractivity contribution < 1.29 is 9.47 Å². The Hall–Kier alpha value is -5.08. The van der Waals surface area contributed by atoms with Crippen LogP contribution in [-0.4, -0.2) is 0 Å². The van der Waals surface area contributed by atoms with Crippen molar-refractivity contribution >= 4 is 0 Å². The van der Waals surface area contributed by atoms with Gasteiger partial charge in [-0.25, -0.2) is 0 Å². The zero-order chi connectivity index (χ0) is 32.3. The molecule has 0 fully saturated rings. The second-order valence-electron chi connectivity index (χ2n) is 13.3. The van der Waals surface area contributed by atoms with Crippen LogP contribution in [0, 0.1) is 13.8 Å². The van der Waals surface area contributed by atoms with Gasteiger partial charge in [-0.15, -0.1) is 0 Å². The minimum Gasteiger partial charge on any atom is -0.457 e. The topological polar surface area (TPSA) is 18.5 Å². The molecule has 0 spiro atoms. The molecule has 0 N–H and O–H groups in total. The second-order valence-corrected chi connectivity index (χ2v) is 13.3. The lowest BCUT2D eigenvalue weighted by molar-refractivity contribution is 0.469. The van der Waals surface area contributed by atoms with E-state index >= 15 is 0 Å². The van der Waals surface area contributed by atoms with Crippen LogP contribution in [-0.2, 0) is 10.8 Å². The van der Waals surface area contributed by atoms with Crippen LogP contribution in [0.25, 0.3) is 11.1 Å². The fourth-order valence-electron chi connectivity index (χ4n) is 5.85. The summed E-state index contributed by atoms with van der Waals surface area (Å²) in [5.41, 5.74) is 9.86. The van der Waals surface area contributed by atoms with E-state index in [-0.39, 0.29) is 10.8 Å². The summed E-state index contributed by atoms with van der Waals surface area (Å²) >= 11 is 0. The summed E-state index contributed by atoms with van der Waals surface area (Å²) in [5, 5.41) is 0. The van der Waals surface area contributed by atoms with Crippen LogP contribution in [0.1, 0.15) is 61.1 Å². The lowest BCUT2D eigenvalue weighted by atomic mass is 9.73. The van der Waals surface area contributed by atoms with Gasteiger partial charge >= 0.3 is 0 Å². The van der Waals surface area contributed by atoms with Crippen LogP contribution < -0.4 is 9.47 Å². The van der Waals surface area contributed by atoms with Crippen LogP contribution in [0.3, 0.4) is 0 Å². The van der Waals surface area contributed by atoms with E-state index in [1.165, 1.54) is 38.9 Å². The monoisotopic (exact) mass is 602 g/mol. The van der Waals surface area contributed by atoms with Gasteiger partial charge in [0.1, 0.15) is 23.0 Å². The lowest BCUT2D eigenvalue weighted by Gasteiger charge is -2.31. The molecule has 0 atom stereocenters. The van der Waals surface area contributed by atoms with Gasteiger partial charge in [-0.1, -0.05) is 136 Å². The standard InChI is InChI=1S/C44H42O2/c1-31-10-18-35(19-11-31)43(3,4)37-8-7-9-38(30-37)44(5,6)36-20-14-33(15-21-36)34-16-24-40(25-17-34)46-42-28-26-41(27-29-42)45-39-22-12-32(2)13-23-39/h7-30H,1-6H3. The summed E-state index contributed by atoms with van der Waals surface area (Å²) in [6, 6.07) is 51.0. The zero-order valence-corrected chi connectivity index (χ0v) is 27.7. The Bertz CT molecular complexity index is 1890. The van der Waals surface area contributed by atoms with Crippen molar-refractivity contribution in [3.63, 3.8) is 0 Å². The molecule has 0 aliphatic rings. The molecule has 2 heteroatoms. The number of hydrogen-bond acceptors (Lipinski definition) is 2. The average Bonchev–Trinajstić information content (AvgIpc) is 3.07. The maximum absolute atomic E-state index is 6.11. The lowest BCUT2D eigenvalue weighted by Crippen LogP contribution is -2.22. The highest BCUT2D eigenvalue weighted by atomic mass is 16.5.